The number of hydrogen-bond donors (Lipinski definition) is 1. The third-order valence-electron chi connectivity index (χ3n) is 3.59. The van der Waals surface area contributed by atoms with Crippen LogP contribution in [0.4, 0.5) is 5.69 Å². The van der Waals surface area contributed by atoms with Crippen LogP contribution < -0.4 is 10.6 Å². The highest BCUT2D eigenvalue weighted by atomic mass is 79.9. The number of halogens is 1. The molecule has 1 aliphatic heterocycles. The fourth-order valence-electron chi connectivity index (χ4n) is 2.22. The van der Waals surface area contributed by atoms with Crippen LogP contribution in [0.2, 0.25) is 0 Å². The van der Waals surface area contributed by atoms with Gasteiger partial charge in [0.1, 0.15) is 0 Å². The molecule has 1 aromatic rings. The summed E-state index contributed by atoms with van der Waals surface area (Å²) in [6, 6.07) is 6.68. The van der Waals surface area contributed by atoms with Crippen molar-refractivity contribution in [3.8, 4) is 0 Å². The summed E-state index contributed by atoms with van der Waals surface area (Å²) >= 11 is 3.64. The Morgan fingerprint density at radius 3 is 2.68 bits per heavy atom. The molecule has 1 heterocycles. The molecule has 0 amide bonds. The van der Waals surface area contributed by atoms with Crippen molar-refractivity contribution in [1.29, 1.82) is 0 Å². The number of hydrogen-bond acceptors (Lipinski definition) is 3. The van der Waals surface area contributed by atoms with E-state index in [1.54, 1.807) is 0 Å². The van der Waals surface area contributed by atoms with Crippen molar-refractivity contribution in [2.24, 2.45) is 5.73 Å². The summed E-state index contributed by atoms with van der Waals surface area (Å²) in [5.74, 6) is 1.56. The molecule has 1 aromatic carbocycles. The second-order valence-corrected chi connectivity index (χ2v) is 7.53. The van der Waals surface area contributed by atoms with E-state index in [2.05, 4.69) is 46.0 Å². The van der Waals surface area contributed by atoms with Crippen LogP contribution >= 0.6 is 15.9 Å². The third kappa shape index (κ3) is 4.04. The van der Waals surface area contributed by atoms with E-state index in [1.165, 1.54) is 11.3 Å². The molecule has 2 rings (SSSR count). The Labute approximate surface area is 126 Å². The minimum atomic E-state index is -0.623. The number of rotatable bonds is 4. The maximum atomic E-state index is 11.4. The van der Waals surface area contributed by atoms with Crippen LogP contribution in [0.15, 0.2) is 22.7 Å². The fourth-order valence-corrected chi connectivity index (χ4v) is 3.80. The Balaban J connectivity index is 2.08. The second-order valence-electron chi connectivity index (χ2n) is 4.98. The lowest BCUT2D eigenvalue weighted by Crippen LogP contribution is -2.37. The van der Waals surface area contributed by atoms with Gasteiger partial charge in [0.15, 0.2) is 0 Å². The van der Waals surface area contributed by atoms with E-state index >= 15 is 0 Å². The highest BCUT2D eigenvalue weighted by Gasteiger charge is 2.16. The predicted molar refractivity (Wildman–Crippen MR) is 86.2 cm³/mol. The Morgan fingerprint density at radius 1 is 1.42 bits per heavy atom. The molecule has 1 aliphatic rings. The lowest BCUT2D eigenvalue weighted by molar-refractivity contribution is 0.645. The van der Waals surface area contributed by atoms with E-state index in [1.807, 2.05) is 0 Å². The molecule has 1 fully saturated rings. The summed E-state index contributed by atoms with van der Waals surface area (Å²) in [6.07, 6.45) is 1.90. The lowest BCUT2D eigenvalue weighted by Gasteiger charge is -2.29. The normalized spacial score (nSPS) is 18.6. The number of nitrogens with zero attached hydrogens (tertiary/aromatic N) is 1. The van der Waals surface area contributed by atoms with E-state index < -0.39 is 10.8 Å². The van der Waals surface area contributed by atoms with Gasteiger partial charge in [-0.3, -0.25) is 4.21 Å². The quantitative estimate of drug-likeness (QED) is 0.911. The molecule has 0 bridgehead atoms. The highest BCUT2D eigenvalue weighted by molar-refractivity contribution is 9.10. The third-order valence-corrected chi connectivity index (χ3v) is 5.60. The summed E-state index contributed by atoms with van der Waals surface area (Å²) in [6.45, 7) is 3.88. The van der Waals surface area contributed by atoms with E-state index in [-0.39, 0.29) is 6.04 Å². The average molecular weight is 345 g/mol. The van der Waals surface area contributed by atoms with E-state index in [0.717, 1.165) is 41.9 Å². The van der Waals surface area contributed by atoms with E-state index in [0.29, 0.717) is 0 Å². The van der Waals surface area contributed by atoms with Crippen LogP contribution in [0.5, 0.6) is 0 Å². The molecule has 5 heteroatoms. The van der Waals surface area contributed by atoms with Crippen molar-refractivity contribution in [2.75, 3.05) is 29.5 Å². The Morgan fingerprint density at radius 2 is 2.11 bits per heavy atom. The molecule has 2 N–H and O–H groups in total. The predicted octanol–water partition coefficient (Wildman–Crippen LogP) is 2.30. The van der Waals surface area contributed by atoms with Crippen molar-refractivity contribution < 1.29 is 4.21 Å². The van der Waals surface area contributed by atoms with Crippen molar-refractivity contribution in [1.82, 2.24) is 0 Å². The second kappa shape index (κ2) is 6.86. The van der Waals surface area contributed by atoms with Gasteiger partial charge in [-0.1, -0.05) is 28.9 Å². The van der Waals surface area contributed by atoms with Gasteiger partial charge in [-0.25, -0.2) is 0 Å². The molecular formula is C14H21BrN2OS. The molecule has 3 nitrogen and oxygen atoms in total. The van der Waals surface area contributed by atoms with Gasteiger partial charge in [0, 0.05) is 51.6 Å². The van der Waals surface area contributed by atoms with Crippen molar-refractivity contribution in [3.05, 3.63) is 28.2 Å². The number of benzene rings is 1. The summed E-state index contributed by atoms with van der Waals surface area (Å²) in [4.78, 5) is 2.30. The summed E-state index contributed by atoms with van der Waals surface area (Å²) in [5, 5.41) is 0. The topological polar surface area (TPSA) is 46.3 Å². The highest BCUT2D eigenvalue weighted by Crippen LogP contribution is 2.26. The van der Waals surface area contributed by atoms with Gasteiger partial charge in [0.2, 0.25) is 0 Å². The molecular weight excluding hydrogens is 324 g/mol. The fraction of sp³-hybridized carbons (Fsp3) is 0.571. The monoisotopic (exact) mass is 344 g/mol. The molecule has 19 heavy (non-hydrogen) atoms. The average Bonchev–Trinajstić information content (AvgIpc) is 2.41. The molecule has 1 atom stereocenters. The zero-order valence-electron chi connectivity index (χ0n) is 11.3. The van der Waals surface area contributed by atoms with Gasteiger partial charge >= 0.3 is 0 Å². The smallest absolute Gasteiger partial charge is 0.0411 e. The van der Waals surface area contributed by atoms with Crippen LogP contribution in [0, 0.1) is 0 Å². The molecule has 0 aliphatic carbocycles. The van der Waals surface area contributed by atoms with Gasteiger partial charge in [-0.2, -0.15) is 0 Å². The lowest BCUT2D eigenvalue weighted by atomic mass is 10.0. The molecule has 0 spiro atoms. The molecule has 0 aromatic heterocycles. The number of nitrogens with two attached hydrogens (primary N) is 1. The first-order valence-electron chi connectivity index (χ1n) is 6.74. The summed E-state index contributed by atoms with van der Waals surface area (Å²) in [7, 11) is -0.623. The summed E-state index contributed by atoms with van der Waals surface area (Å²) in [5.41, 5.74) is 8.47. The van der Waals surface area contributed by atoms with Crippen LogP contribution in [0.1, 0.15) is 18.9 Å². The van der Waals surface area contributed by atoms with Gasteiger partial charge < -0.3 is 10.6 Å². The first kappa shape index (κ1) is 15.0. The SMILES string of the molecule is CCC(N)Cc1ccc(N2CCS(=O)CC2)cc1Br. The van der Waals surface area contributed by atoms with Crippen molar-refractivity contribution in [3.63, 3.8) is 0 Å². The van der Waals surface area contributed by atoms with Gasteiger partial charge in [0.05, 0.1) is 0 Å². The minimum absolute atomic E-state index is 0.222. The van der Waals surface area contributed by atoms with Crippen LogP contribution in [-0.2, 0) is 17.2 Å². The maximum Gasteiger partial charge on any atom is 0.0411 e. The minimum Gasteiger partial charge on any atom is -0.370 e. The zero-order valence-corrected chi connectivity index (χ0v) is 13.7. The molecule has 106 valence electrons. The summed E-state index contributed by atoms with van der Waals surface area (Å²) < 4.78 is 12.5. The molecule has 0 saturated carbocycles. The first-order chi connectivity index (χ1) is 9.10. The van der Waals surface area contributed by atoms with Crippen molar-refractivity contribution in [2.45, 2.75) is 25.8 Å². The molecule has 1 unspecified atom stereocenters. The Kier molecular flexibility index (Phi) is 5.42. The van der Waals surface area contributed by atoms with Crippen molar-refractivity contribution >= 4 is 32.4 Å². The largest absolute Gasteiger partial charge is 0.370 e. The molecule has 0 radical (unpaired) electrons. The van der Waals surface area contributed by atoms with Gasteiger partial charge in [-0.15, -0.1) is 0 Å². The van der Waals surface area contributed by atoms with Gasteiger partial charge in [0.25, 0.3) is 0 Å². The van der Waals surface area contributed by atoms with E-state index in [9.17, 15) is 4.21 Å². The van der Waals surface area contributed by atoms with Crippen LogP contribution in [0.3, 0.4) is 0 Å². The van der Waals surface area contributed by atoms with Crippen LogP contribution in [-0.4, -0.2) is 34.8 Å². The van der Waals surface area contributed by atoms with E-state index in [4.69, 9.17) is 5.73 Å². The Hall–Kier alpha value is -0.390. The standard InChI is InChI=1S/C14H21BrN2OS/c1-2-12(16)9-11-3-4-13(10-14(11)15)17-5-7-19(18)8-6-17/h3-4,10,12H,2,5-9,16H2,1H3. The van der Waals surface area contributed by atoms with Crippen LogP contribution in [0.25, 0.3) is 0 Å². The number of anilines is 1. The molecule has 1 saturated heterocycles. The zero-order chi connectivity index (χ0) is 13.8. The van der Waals surface area contributed by atoms with Gasteiger partial charge in [-0.05, 0) is 30.5 Å². The first-order valence-corrected chi connectivity index (χ1v) is 9.02. The Bertz CT molecular complexity index is 457. The maximum absolute atomic E-state index is 11.4.